The van der Waals surface area contributed by atoms with Gasteiger partial charge in [0.15, 0.2) is 0 Å². The second kappa shape index (κ2) is 8.08. The van der Waals surface area contributed by atoms with Crippen LogP contribution >= 0.6 is 0 Å². The number of aryl methyl sites for hydroxylation is 1. The van der Waals surface area contributed by atoms with Crippen LogP contribution in [0.4, 0.5) is 0 Å². The third-order valence-electron chi connectivity index (χ3n) is 2.39. The minimum Gasteiger partial charge on any atom is -0.328 e. The summed E-state index contributed by atoms with van der Waals surface area (Å²) in [4.78, 5) is -0.0666. The van der Waals surface area contributed by atoms with Crippen LogP contribution in [0.15, 0.2) is 29.2 Å². The Morgan fingerprint density at radius 3 is 1.88 bits per heavy atom. The molecule has 0 bridgehead atoms. The molecule has 90 valence electrons. The maximum atomic E-state index is 10.5. The summed E-state index contributed by atoms with van der Waals surface area (Å²) in [7, 11) is -4.02. The molecule has 0 aliphatic heterocycles. The number of rotatable bonds is 1. The van der Waals surface area contributed by atoms with Crippen LogP contribution in [0.5, 0.6) is 0 Å². The molecule has 1 aliphatic carbocycles. The molecule has 0 aromatic heterocycles. The van der Waals surface area contributed by atoms with Crippen LogP contribution in [-0.4, -0.2) is 36.0 Å². The Kier molecular flexibility index (Phi) is 8.03. The quantitative estimate of drug-likeness (QED) is 0.482. The average molecular weight is 266 g/mol. The summed E-state index contributed by atoms with van der Waals surface area (Å²) in [5.41, 5.74) is 0.956. The van der Waals surface area contributed by atoms with Gasteiger partial charge in [0.05, 0.1) is 4.90 Å². The van der Waals surface area contributed by atoms with Gasteiger partial charge in [-0.05, 0) is 19.1 Å². The molecule has 1 N–H and O–H groups in total. The smallest absolute Gasteiger partial charge is 0.328 e. The summed E-state index contributed by atoms with van der Waals surface area (Å²) >= 11 is 0. The van der Waals surface area contributed by atoms with E-state index < -0.39 is 10.1 Å². The molecule has 0 radical (unpaired) electrons. The van der Waals surface area contributed by atoms with Crippen molar-refractivity contribution in [2.24, 2.45) is 0 Å². The normalized spacial score (nSPS) is 14.5. The molecular formula is C12H17MgO3S+. The molecule has 0 saturated heterocycles. The summed E-state index contributed by atoms with van der Waals surface area (Å²) in [6.07, 6.45) is 8.00. The fraction of sp³-hybridized carbons (Fsp3) is 0.417. The van der Waals surface area contributed by atoms with Crippen molar-refractivity contribution in [3.8, 4) is 0 Å². The van der Waals surface area contributed by atoms with Crippen molar-refractivity contribution >= 4 is 33.2 Å². The molecule has 0 heterocycles. The molecule has 2 rings (SSSR count). The molecule has 5 heteroatoms. The van der Waals surface area contributed by atoms with Crippen LogP contribution in [0.2, 0.25) is 0 Å². The van der Waals surface area contributed by atoms with Crippen molar-refractivity contribution < 1.29 is 13.0 Å². The van der Waals surface area contributed by atoms with Crippen LogP contribution in [0, 0.1) is 13.3 Å². The Morgan fingerprint density at radius 1 is 1.12 bits per heavy atom. The first kappa shape index (κ1) is 16.9. The Balaban J connectivity index is 0.000000360. The zero-order valence-corrected chi connectivity index (χ0v) is 12.3. The third-order valence-corrected chi connectivity index (χ3v) is 3.25. The Labute approximate surface area is 120 Å². The first-order chi connectivity index (χ1) is 7.50. The Hall–Kier alpha value is -0.104. The second-order valence-corrected chi connectivity index (χ2v) is 5.28. The SMILES string of the molecule is Cc1ccc(S(=O)(=O)O)cc1.[CH-]1CCCC1.[Mg+2]. The van der Waals surface area contributed by atoms with Gasteiger partial charge in [-0.1, -0.05) is 30.5 Å². The standard InChI is InChI=1S/C7H8O3S.C5H9.Mg/c1-6-2-4-7(5-3-6)11(8,9)10;1-2-4-5-3-1;/h2-5H,1H3,(H,8,9,10);1H,2-5H2;/q;-1;+2. The second-order valence-electron chi connectivity index (χ2n) is 3.86. The predicted octanol–water partition coefficient (Wildman–Crippen LogP) is 2.63. The van der Waals surface area contributed by atoms with E-state index in [1.165, 1.54) is 37.8 Å². The van der Waals surface area contributed by atoms with Gasteiger partial charge in [0.2, 0.25) is 0 Å². The number of benzene rings is 1. The molecule has 0 unspecified atom stereocenters. The van der Waals surface area contributed by atoms with E-state index in [0.717, 1.165) is 5.56 Å². The molecule has 17 heavy (non-hydrogen) atoms. The van der Waals surface area contributed by atoms with Gasteiger partial charge in [-0.25, -0.2) is 0 Å². The minimum absolute atomic E-state index is 0. The predicted molar refractivity (Wildman–Crippen MR) is 69.5 cm³/mol. The van der Waals surface area contributed by atoms with Gasteiger partial charge in [0.1, 0.15) is 0 Å². The van der Waals surface area contributed by atoms with Crippen molar-refractivity contribution in [2.45, 2.75) is 37.5 Å². The van der Waals surface area contributed by atoms with E-state index in [1.807, 2.05) is 6.92 Å². The minimum atomic E-state index is -4.02. The van der Waals surface area contributed by atoms with Crippen LogP contribution in [0.1, 0.15) is 31.2 Å². The molecular weight excluding hydrogens is 249 g/mol. The summed E-state index contributed by atoms with van der Waals surface area (Å²) in [6, 6.07) is 5.99. The summed E-state index contributed by atoms with van der Waals surface area (Å²) in [5, 5.41) is 0. The Morgan fingerprint density at radius 2 is 1.59 bits per heavy atom. The van der Waals surface area contributed by atoms with E-state index >= 15 is 0 Å². The zero-order valence-electron chi connectivity index (χ0n) is 10.1. The zero-order chi connectivity index (χ0) is 12.0. The van der Waals surface area contributed by atoms with Gasteiger partial charge >= 0.3 is 23.1 Å². The van der Waals surface area contributed by atoms with Gasteiger partial charge in [-0.2, -0.15) is 21.3 Å². The summed E-state index contributed by atoms with van der Waals surface area (Å²) in [5.74, 6) is 0. The summed E-state index contributed by atoms with van der Waals surface area (Å²) in [6.45, 7) is 1.84. The van der Waals surface area contributed by atoms with E-state index in [-0.39, 0.29) is 27.9 Å². The number of hydrogen-bond donors (Lipinski definition) is 1. The molecule has 1 aliphatic rings. The van der Waals surface area contributed by atoms with E-state index in [9.17, 15) is 8.42 Å². The monoisotopic (exact) mass is 265 g/mol. The maximum Gasteiger partial charge on any atom is 2.00 e. The fourth-order valence-electron chi connectivity index (χ4n) is 1.43. The maximum absolute atomic E-state index is 10.5. The first-order valence-corrected chi connectivity index (χ1v) is 6.80. The Bertz CT molecular complexity index is 400. The van der Waals surface area contributed by atoms with E-state index in [1.54, 1.807) is 12.1 Å². The molecule has 1 fully saturated rings. The third kappa shape index (κ3) is 7.03. The average Bonchev–Trinajstić information content (AvgIpc) is 2.74. The van der Waals surface area contributed by atoms with Crippen molar-refractivity contribution in [1.82, 2.24) is 0 Å². The van der Waals surface area contributed by atoms with Gasteiger partial charge in [0.25, 0.3) is 10.1 Å². The van der Waals surface area contributed by atoms with E-state index in [0.29, 0.717) is 0 Å². The molecule has 0 atom stereocenters. The van der Waals surface area contributed by atoms with Gasteiger partial charge < -0.3 is 6.42 Å². The van der Waals surface area contributed by atoms with Crippen LogP contribution < -0.4 is 0 Å². The van der Waals surface area contributed by atoms with Crippen molar-refractivity contribution in [3.05, 3.63) is 36.2 Å². The fourth-order valence-corrected chi connectivity index (χ4v) is 1.91. The number of hydrogen-bond acceptors (Lipinski definition) is 2. The molecule has 1 aromatic rings. The molecule has 1 aromatic carbocycles. The molecule has 3 nitrogen and oxygen atoms in total. The van der Waals surface area contributed by atoms with Gasteiger partial charge in [0, 0.05) is 0 Å². The van der Waals surface area contributed by atoms with Crippen molar-refractivity contribution in [2.75, 3.05) is 0 Å². The van der Waals surface area contributed by atoms with Crippen molar-refractivity contribution in [1.29, 1.82) is 0 Å². The molecule has 0 spiro atoms. The van der Waals surface area contributed by atoms with Crippen molar-refractivity contribution in [3.63, 3.8) is 0 Å². The van der Waals surface area contributed by atoms with Crippen LogP contribution in [-0.2, 0) is 10.1 Å². The van der Waals surface area contributed by atoms with E-state index in [4.69, 9.17) is 4.55 Å². The summed E-state index contributed by atoms with van der Waals surface area (Å²) < 4.78 is 29.6. The largest absolute Gasteiger partial charge is 2.00 e. The van der Waals surface area contributed by atoms with E-state index in [2.05, 4.69) is 6.42 Å². The first-order valence-electron chi connectivity index (χ1n) is 5.36. The van der Waals surface area contributed by atoms with Crippen LogP contribution in [0.25, 0.3) is 0 Å². The van der Waals surface area contributed by atoms with Crippen LogP contribution in [0.3, 0.4) is 0 Å². The van der Waals surface area contributed by atoms with Gasteiger partial charge in [-0.3, -0.25) is 4.55 Å². The molecule has 0 amide bonds. The molecule has 1 saturated carbocycles. The topological polar surface area (TPSA) is 54.4 Å². The van der Waals surface area contributed by atoms with Gasteiger partial charge in [-0.15, -0.1) is 0 Å².